The summed E-state index contributed by atoms with van der Waals surface area (Å²) in [5.41, 5.74) is 17.9. The lowest BCUT2D eigenvalue weighted by Gasteiger charge is -2.35. The van der Waals surface area contributed by atoms with E-state index < -0.39 is 18.3 Å². The van der Waals surface area contributed by atoms with Crippen LogP contribution in [0.15, 0.2) is 11.4 Å². The molecule has 8 N–H and O–H groups in total. The van der Waals surface area contributed by atoms with Crippen LogP contribution in [0, 0.1) is 17.3 Å². The number of fused-ring (bicyclic) bond motifs is 1. The molecule has 0 spiro atoms. The van der Waals surface area contributed by atoms with Crippen LogP contribution in [-0.4, -0.2) is 61.5 Å². The Morgan fingerprint density at radius 1 is 1.33 bits per heavy atom. The Morgan fingerprint density at radius 2 is 2.15 bits per heavy atom. The van der Waals surface area contributed by atoms with E-state index in [1.807, 2.05) is 0 Å². The molecule has 33 heavy (non-hydrogen) atoms. The van der Waals surface area contributed by atoms with Gasteiger partial charge in [0.05, 0.1) is 23.5 Å². The van der Waals surface area contributed by atoms with Gasteiger partial charge in [0.1, 0.15) is 6.17 Å². The highest BCUT2D eigenvalue weighted by Crippen LogP contribution is 2.62. The predicted molar refractivity (Wildman–Crippen MR) is 128 cm³/mol. The summed E-state index contributed by atoms with van der Waals surface area (Å²) in [5, 5.41) is 12.1. The van der Waals surface area contributed by atoms with E-state index in [0.717, 1.165) is 69.4 Å². The molecule has 1 amide bonds. The van der Waals surface area contributed by atoms with Crippen molar-refractivity contribution in [1.82, 2.24) is 26.4 Å². The first kappa shape index (κ1) is 24.9. The SMILES string of the molecule is CCCCC12CC(F)CNC(C(C(=O)NC3=C(N4NCCC4C)CCNC3)C(N)N)CC1C2. The quantitative estimate of drug-likeness (QED) is 0.297. The van der Waals surface area contributed by atoms with Crippen molar-refractivity contribution in [2.24, 2.45) is 28.7 Å². The average molecular weight is 466 g/mol. The van der Waals surface area contributed by atoms with E-state index >= 15 is 0 Å². The van der Waals surface area contributed by atoms with Gasteiger partial charge in [0.15, 0.2) is 0 Å². The number of rotatable bonds is 8. The minimum absolute atomic E-state index is 0.107. The summed E-state index contributed by atoms with van der Waals surface area (Å²) in [6.07, 6.45) is 6.06. The molecule has 188 valence electrons. The van der Waals surface area contributed by atoms with Gasteiger partial charge < -0.3 is 32.4 Å². The van der Waals surface area contributed by atoms with Crippen LogP contribution in [0.1, 0.15) is 65.2 Å². The van der Waals surface area contributed by atoms with E-state index in [9.17, 15) is 9.18 Å². The Morgan fingerprint density at radius 3 is 2.85 bits per heavy atom. The second-order valence-electron chi connectivity index (χ2n) is 10.8. The third-order valence-corrected chi connectivity index (χ3v) is 8.34. The second-order valence-corrected chi connectivity index (χ2v) is 10.8. The molecule has 4 aliphatic rings. The number of hydrogen-bond acceptors (Lipinski definition) is 7. The van der Waals surface area contributed by atoms with Gasteiger partial charge in [-0.1, -0.05) is 19.8 Å². The molecule has 2 saturated heterocycles. The Kier molecular flexibility index (Phi) is 7.95. The Balaban J connectivity index is 1.49. The topological polar surface area (TPSA) is 120 Å². The van der Waals surface area contributed by atoms with E-state index in [-0.39, 0.29) is 23.9 Å². The van der Waals surface area contributed by atoms with Crippen molar-refractivity contribution in [3.8, 4) is 0 Å². The maximum absolute atomic E-state index is 14.8. The molecule has 4 rings (SSSR count). The predicted octanol–water partition coefficient (Wildman–Crippen LogP) is 1.05. The van der Waals surface area contributed by atoms with Crippen LogP contribution in [0.5, 0.6) is 0 Å². The molecule has 3 heterocycles. The van der Waals surface area contributed by atoms with Gasteiger partial charge in [-0.05, 0) is 50.4 Å². The number of amides is 1. The fourth-order valence-electron chi connectivity index (χ4n) is 6.36. The molecule has 3 aliphatic heterocycles. The lowest BCUT2D eigenvalue weighted by molar-refractivity contribution is -0.126. The maximum Gasteiger partial charge on any atom is 0.231 e. The van der Waals surface area contributed by atoms with Crippen LogP contribution in [0.25, 0.3) is 0 Å². The molecule has 0 aromatic rings. The lowest BCUT2D eigenvalue weighted by atomic mass is 9.83. The maximum atomic E-state index is 14.8. The molecular weight excluding hydrogens is 421 g/mol. The van der Waals surface area contributed by atoms with Crippen LogP contribution in [0.2, 0.25) is 0 Å². The first-order valence-corrected chi connectivity index (χ1v) is 13.0. The molecule has 1 aliphatic carbocycles. The standard InChI is InChI=1S/C24H44FN7O/c1-3-4-7-24-11-16(24)10-18(29-13-17(25)12-24)21(22(26)27)23(33)31-19-14-28-8-6-20(19)32-15(2)5-9-30-32/h15-18,21-22,28-30H,3-14,26-27H2,1-2H3,(H,31,33). The summed E-state index contributed by atoms with van der Waals surface area (Å²) in [6.45, 7) is 7.05. The van der Waals surface area contributed by atoms with Crippen molar-refractivity contribution in [1.29, 1.82) is 0 Å². The summed E-state index contributed by atoms with van der Waals surface area (Å²) in [5.74, 6) is -0.337. The number of carbonyl (C=O) groups is 1. The molecule has 9 heteroatoms. The number of nitrogens with zero attached hydrogens (tertiary/aromatic N) is 1. The van der Waals surface area contributed by atoms with Crippen molar-refractivity contribution < 1.29 is 9.18 Å². The fourth-order valence-corrected chi connectivity index (χ4v) is 6.36. The van der Waals surface area contributed by atoms with Crippen molar-refractivity contribution in [3.63, 3.8) is 0 Å². The number of halogens is 1. The zero-order chi connectivity index (χ0) is 23.6. The van der Waals surface area contributed by atoms with Crippen molar-refractivity contribution in [3.05, 3.63) is 11.4 Å². The summed E-state index contributed by atoms with van der Waals surface area (Å²) in [6, 6.07) is 0.166. The Bertz CT molecular complexity index is 732. The fraction of sp³-hybridized carbons (Fsp3) is 0.875. The Hall–Kier alpha value is -1.26. The first-order valence-electron chi connectivity index (χ1n) is 13.0. The van der Waals surface area contributed by atoms with Gasteiger partial charge in [0, 0.05) is 44.7 Å². The minimum atomic E-state index is -0.896. The summed E-state index contributed by atoms with van der Waals surface area (Å²) in [4.78, 5) is 13.5. The van der Waals surface area contributed by atoms with Crippen LogP contribution in [0.4, 0.5) is 4.39 Å². The third-order valence-electron chi connectivity index (χ3n) is 8.34. The lowest BCUT2D eigenvalue weighted by Crippen LogP contribution is -2.58. The highest BCUT2D eigenvalue weighted by atomic mass is 19.1. The van der Waals surface area contributed by atoms with E-state index in [1.54, 1.807) is 0 Å². The molecular formula is C24H44FN7O. The van der Waals surface area contributed by atoms with E-state index in [2.05, 4.69) is 40.2 Å². The number of alkyl halides is 1. The number of carbonyl (C=O) groups excluding carboxylic acids is 1. The monoisotopic (exact) mass is 465 g/mol. The van der Waals surface area contributed by atoms with Gasteiger partial charge in [-0.3, -0.25) is 4.79 Å². The van der Waals surface area contributed by atoms with Gasteiger partial charge in [-0.15, -0.1) is 0 Å². The second kappa shape index (κ2) is 10.6. The zero-order valence-electron chi connectivity index (χ0n) is 20.3. The smallest absolute Gasteiger partial charge is 0.231 e. The van der Waals surface area contributed by atoms with Crippen LogP contribution in [0.3, 0.4) is 0 Å². The molecule has 0 aromatic heterocycles. The normalized spacial score (nSPS) is 35.8. The molecule has 3 fully saturated rings. The van der Waals surface area contributed by atoms with Crippen LogP contribution in [-0.2, 0) is 4.79 Å². The summed E-state index contributed by atoms with van der Waals surface area (Å²) < 4.78 is 14.8. The van der Waals surface area contributed by atoms with E-state index in [0.29, 0.717) is 24.9 Å². The number of unbranched alkanes of at least 4 members (excludes halogenated alkanes) is 1. The van der Waals surface area contributed by atoms with E-state index in [1.165, 1.54) is 0 Å². The number of hydrazine groups is 1. The number of nitrogens with one attached hydrogen (secondary N) is 4. The van der Waals surface area contributed by atoms with Gasteiger partial charge in [-0.25, -0.2) is 9.82 Å². The molecule has 1 saturated carbocycles. The molecule has 8 nitrogen and oxygen atoms in total. The molecule has 0 radical (unpaired) electrons. The number of hydrogen-bond donors (Lipinski definition) is 6. The van der Waals surface area contributed by atoms with Gasteiger partial charge in [-0.2, -0.15) is 0 Å². The van der Waals surface area contributed by atoms with E-state index in [4.69, 9.17) is 11.5 Å². The summed E-state index contributed by atoms with van der Waals surface area (Å²) in [7, 11) is 0. The highest BCUT2D eigenvalue weighted by molar-refractivity contribution is 5.82. The minimum Gasteiger partial charge on any atom is -0.326 e. The largest absolute Gasteiger partial charge is 0.326 e. The molecule has 0 bridgehead atoms. The number of nitrogens with two attached hydrogens (primary N) is 2. The molecule has 0 aromatic carbocycles. The van der Waals surface area contributed by atoms with Crippen LogP contribution >= 0.6 is 0 Å². The first-order chi connectivity index (χ1) is 15.8. The summed E-state index contributed by atoms with van der Waals surface area (Å²) >= 11 is 0. The van der Waals surface area contributed by atoms with Crippen molar-refractivity contribution >= 4 is 5.91 Å². The highest BCUT2D eigenvalue weighted by Gasteiger charge is 2.56. The van der Waals surface area contributed by atoms with Gasteiger partial charge in [0.2, 0.25) is 5.91 Å². The third kappa shape index (κ3) is 5.53. The zero-order valence-corrected chi connectivity index (χ0v) is 20.3. The Labute approximate surface area is 197 Å². The van der Waals surface area contributed by atoms with Crippen molar-refractivity contribution in [2.45, 2.75) is 89.6 Å². The molecule has 6 atom stereocenters. The molecule has 6 unspecified atom stereocenters. The van der Waals surface area contributed by atoms with Crippen molar-refractivity contribution in [2.75, 3.05) is 26.2 Å². The van der Waals surface area contributed by atoms with Gasteiger partial charge in [0.25, 0.3) is 0 Å². The van der Waals surface area contributed by atoms with Crippen LogP contribution < -0.4 is 32.8 Å². The average Bonchev–Trinajstić information content (AvgIpc) is 3.22. The van der Waals surface area contributed by atoms with Gasteiger partial charge >= 0.3 is 0 Å².